The Morgan fingerprint density at radius 3 is 2.75 bits per heavy atom. The number of nitrogens with zero attached hydrogens (tertiary/aromatic N) is 1. The molecule has 0 amide bonds. The molecule has 0 aliphatic carbocycles. The van der Waals surface area contributed by atoms with Gasteiger partial charge in [0, 0.05) is 37.8 Å². The maximum Gasteiger partial charge on any atom is 0.0587 e. The fraction of sp³-hybridized carbons (Fsp3) is 0.625. The van der Waals surface area contributed by atoms with Gasteiger partial charge in [0.05, 0.1) is 12.3 Å². The van der Waals surface area contributed by atoms with Gasteiger partial charge in [-0.3, -0.25) is 0 Å². The Balaban J connectivity index is 2.63. The zero-order valence-corrected chi connectivity index (χ0v) is 14.7. The van der Waals surface area contributed by atoms with Crippen molar-refractivity contribution in [1.82, 2.24) is 5.32 Å². The summed E-state index contributed by atoms with van der Waals surface area (Å²) in [6, 6.07) is 7.14. The highest BCUT2D eigenvalue weighted by molar-refractivity contribution is 9.10. The zero-order valence-electron chi connectivity index (χ0n) is 13.1. The Bertz CT molecular complexity index is 398. The molecule has 0 radical (unpaired) electrons. The molecule has 1 aromatic carbocycles. The molecule has 0 spiro atoms. The third-order valence-electron chi connectivity index (χ3n) is 3.57. The van der Waals surface area contributed by atoms with Crippen molar-refractivity contribution < 1.29 is 4.74 Å². The number of rotatable bonds is 9. The smallest absolute Gasteiger partial charge is 0.0587 e. The van der Waals surface area contributed by atoms with Gasteiger partial charge in [0.1, 0.15) is 0 Å². The predicted molar refractivity (Wildman–Crippen MR) is 90.5 cm³/mol. The van der Waals surface area contributed by atoms with Crippen LogP contribution in [0.15, 0.2) is 22.7 Å². The summed E-state index contributed by atoms with van der Waals surface area (Å²) >= 11 is 3.70. The minimum atomic E-state index is 0.557. The van der Waals surface area contributed by atoms with Gasteiger partial charge < -0.3 is 15.0 Å². The Labute approximate surface area is 131 Å². The maximum atomic E-state index is 5.02. The second-order valence-corrected chi connectivity index (χ2v) is 6.06. The van der Waals surface area contributed by atoms with E-state index in [-0.39, 0.29) is 0 Å². The van der Waals surface area contributed by atoms with Gasteiger partial charge in [-0.2, -0.15) is 0 Å². The summed E-state index contributed by atoms with van der Waals surface area (Å²) in [7, 11) is 3.89. The lowest BCUT2D eigenvalue weighted by Gasteiger charge is -2.28. The molecule has 1 rings (SSSR count). The van der Waals surface area contributed by atoms with E-state index in [2.05, 4.69) is 65.2 Å². The van der Waals surface area contributed by atoms with Crippen LogP contribution < -0.4 is 10.2 Å². The van der Waals surface area contributed by atoms with E-state index in [4.69, 9.17) is 4.74 Å². The second-order valence-electron chi connectivity index (χ2n) is 5.20. The van der Waals surface area contributed by atoms with Gasteiger partial charge in [-0.25, -0.2) is 0 Å². The standard InChI is InChI=1S/C16H27BrN2O/c1-5-6-13(2)19(3)16-8-7-14(11-15(16)17)12-18-9-10-20-4/h7-8,11,13,18H,5-6,9-10,12H2,1-4H3. The molecule has 1 aromatic rings. The van der Waals surface area contributed by atoms with Crippen LogP contribution in [0.5, 0.6) is 0 Å². The molecule has 0 aromatic heterocycles. The first-order valence-electron chi connectivity index (χ1n) is 7.31. The number of ether oxygens (including phenoxy) is 1. The summed E-state index contributed by atoms with van der Waals surface area (Å²) < 4.78 is 6.19. The number of hydrogen-bond donors (Lipinski definition) is 1. The summed E-state index contributed by atoms with van der Waals surface area (Å²) in [6.07, 6.45) is 2.42. The normalized spacial score (nSPS) is 12.4. The van der Waals surface area contributed by atoms with Crippen molar-refractivity contribution in [1.29, 1.82) is 0 Å². The molecular weight excluding hydrogens is 316 g/mol. The van der Waals surface area contributed by atoms with E-state index in [1.54, 1.807) is 7.11 Å². The molecule has 20 heavy (non-hydrogen) atoms. The first-order chi connectivity index (χ1) is 9.60. The molecule has 1 unspecified atom stereocenters. The van der Waals surface area contributed by atoms with Crippen LogP contribution >= 0.6 is 15.9 Å². The molecule has 0 heterocycles. The topological polar surface area (TPSA) is 24.5 Å². The molecule has 0 aliphatic heterocycles. The minimum absolute atomic E-state index is 0.557. The van der Waals surface area contributed by atoms with Crippen LogP contribution in [0.3, 0.4) is 0 Å². The van der Waals surface area contributed by atoms with Gasteiger partial charge in [0.25, 0.3) is 0 Å². The summed E-state index contributed by atoms with van der Waals surface area (Å²) in [4.78, 5) is 2.34. The molecular formula is C16H27BrN2O. The zero-order chi connectivity index (χ0) is 15.0. The third kappa shape index (κ3) is 5.43. The van der Waals surface area contributed by atoms with E-state index in [9.17, 15) is 0 Å². The number of nitrogens with one attached hydrogen (secondary N) is 1. The molecule has 1 N–H and O–H groups in total. The van der Waals surface area contributed by atoms with Gasteiger partial charge in [-0.05, 0) is 47.0 Å². The number of hydrogen-bond acceptors (Lipinski definition) is 3. The fourth-order valence-corrected chi connectivity index (χ4v) is 2.91. The van der Waals surface area contributed by atoms with Gasteiger partial charge in [-0.1, -0.05) is 19.4 Å². The van der Waals surface area contributed by atoms with Crippen LogP contribution in [-0.2, 0) is 11.3 Å². The summed E-state index contributed by atoms with van der Waals surface area (Å²) in [5, 5.41) is 3.36. The molecule has 3 nitrogen and oxygen atoms in total. The molecule has 0 bridgehead atoms. The van der Waals surface area contributed by atoms with Crippen molar-refractivity contribution in [3.63, 3.8) is 0 Å². The summed E-state index contributed by atoms with van der Waals surface area (Å²) in [5.74, 6) is 0. The number of methoxy groups -OCH3 is 1. The van der Waals surface area contributed by atoms with Crippen molar-refractivity contribution >= 4 is 21.6 Å². The molecule has 114 valence electrons. The van der Waals surface area contributed by atoms with Crippen molar-refractivity contribution in [3.8, 4) is 0 Å². The first-order valence-corrected chi connectivity index (χ1v) is 8.10. The quantitative estimate of drug-likeness (QED) is 0.690. The van der Waals surface area contributed by atoms with Crippen LogP contribution in [0, 0.1) is 0 Å². The van der Waals surface area contributed by atoms with Crippen LogP contribution in [0.2, 0.25) is 0 Å². The lowest BCUT2D eigenvalue weighted by molar-refractivity contribution is 0.199. The van der Waals surface area contributed by atoms with E-state index in [1.807, 2.05) is 0 Å². The number of benzene rings is 1. The van der Waals surface area contributed by atoms with Crippen LogP contribution in [-0.4, -0.2) is 33.4 Å². The highest BCUT2D eigenvalue weighted by Gasteiger charge is 2.12. The van der Waals surface area contributed by atoms with Gasteiger partial charge >= 0.3 is 0 Å². The average Bonchev–Trinajstić information content (AvgIpc) is 2.43. The van der Waals surface area contributed by atoms with Crippen molar-refractivity contribution in [2.75, 3.05) is 32.2 Å². The minimum Gasteiger partial charge on any atom is -0.383 e. The first kappa shape index (κ1) is 17.5. The van der Waals surface area contributed by atoms with E-state index < -0.39 is 0 Å². The molecule has 0 fully saturated rings. The van der Waals surface area contributed by atoms with Crippen molar-refractivity contribution in [2.45, 2.75) is 39.3 Å². The highest BCUT2D eigenvalue weighted by atomic mass is 79.9. The van der Waals surface area contributed by atoms with Crippen molar-refractivity contribution in [3.05, 3.63) is 28.2 Å². The lowest BCUT2D eigenvalue weighted by atomic mass is 10.1. The highest BCUT2D eigenvalue weighted by Crippen LogP contribution is 2.28. The van der Waals surface area contributed by atoms with Gasteiger partial charge in [-0.15, -0.1) is 0 Å². The van der Waals surface area contributed by atoms with Gasteiger partial charge in [0.2, 0.25) is 0 Å². The molecule has 4 heteroatoms. The Kier molecular flexibility index (Phi) is 8.19. The van der Waals surface area contributed by atoms with Crippen LogP contribution in [0.4, 0.5) is 5.69 Å². The molecule has 0 aliphatic rings. The van der Waals surface area contributed by atoms with Crippen molar-refractivity contribution in [2.24, 2.45) is 0 Å². The summed E-state index contributed by atoms with van der Waals surface area (Å²) in [6.45, 7) is 7.00. The van der Waals surface area contributed by atoms with Crippen LogP contribution in [0.25, 0.3) is 0 Å². The fourth-order valence-electron chi connectivity index (χ4n) is 2.20. The number of halogens is 1. The Hall–Kier alpha value is -0.580. The lowest BCUT2D eigenvalue weighted by Crippen LogP contribution is -2.28. The molecule has 0 saturated carbocycles. The van der Waals surface area contributed by atoms with E-state index in [0.717, 1.165) is 24.2 Å². The maximum absolute atomic E-state index is 5.02. The van der Waals surface area contributed by atoms with Gasteiger partial charge in [0.15, 0.2) is 0 Å². The molecule has 1 atom stereocenters. The van der Waals surface area contributed by atoms with E-state index >= 15 is 0 Å². The number of anilines is 1. The second kappa shape index (κ2) is 9.37. The van der Waals surface area contributed by atoms with E-state index in [1.165, 1.54) is 24.1 Å². The van der Waals surface area contributed by atoms with E-state index in [0.29, 0.717) is 6.04 Å². The average molecular weight is 343 g/mol. The predicted octanol–water partition coefficient (Wildman–Crippen LogP) is 3.81. The SMILES string of the molecule is CCCC(C)N(C)c1ccc(CNCCOC)cc1Br. The monoisotopic (exact) mass is 342 g/mol. The third-order valence-corrected chi connectivity index (χ3v) is 4.21. The Morgan fingerprint density at radius 2 is 2.15 bits per heavy atom. The Morgan fingerprint density at radius 1 is 1.40 bits per heavy atom. The summed E-state index contributed by atoms with van der Waals surface area (Å²) in [5.41, 5.74) is 2.54. The molecule has 0 saturated heterocycles. The van der Waals surface area contributed by atoms with Crippen LogP contribution in [0.1, 0.15) is 32.3 Å². The largest absolute Gasteiger partial charge is 0.383 e.